The normalized spacial score (nSPS) is 11.1. The monoisotopic (exact) mass is 241 g/mol. The van der Waals surface area contributed by atoms with Crippen molar-refractivity contribution in [1.82, 2.24) is 5.32 Å². The molecule has 0 fully saturated rings. The van der Waals surface area contributed by atoms with Gasteiger partial charge in [-0.15, -0.1) is 0 Å². The Morgan fingerprint density at radius 2 is 2.00 bits per heavy atom. The minimum Gasteiger partial charge on any atom is -0.349 e. The van der Waals surface area contributed by atoms with Gasteiger partial charge in [0.25, 0.3) is 5.91 Å². The minimum absolute atomic E-state index is 0.162. The predicted molar refractivity (Wildman–Crippen MR) is 58.5 cm³/mol. The summed E-state index contributed by atoms with van der Waals surface area (Å²) in [6.07, 6.45) is 0.168. The molecular formula is C12H13F2NO2. The van der Waals surface area contributed by atoms with Crippen molar-refractivity contribution >= 4 is 12.2 Å². The van der Waals surface area contributed by atoms with E-state index in [0.717, 1.165) is 12.1 Å². The van der Waals surface area contributed by atoms with E-state index in [0.29, 0.717) is 5.56 Å². The number of amides is 1. The van der Waals surface area contributed by atoms with Gasteiger partial charge in [-0.05, 0) is 17.7 Å². The number of benzene rings is 1. The summed E-state index contributed by atoms with van der Waals surface area (Å²) in [7, 11) is 0. The molecule has 0 aliphatic rings. The summed E-state index contributed by atoms with van der Waals surface area (Å²) in [5.74, 6) is -2.58. The molecule has 0 heterocycles. The minimum atomic E-state index is -0.933. The van der Waals surface area contributed by atoms with Gasteiger partial charge in [0, 0.05) is 12.0 Å². The van der Waals surface area contributed by atoms with Crippen molar-refractivity contribution in [2.24, 2.45) is 0 Å². The first-order valence-corrected chi connectivity index (χ1v) is 5.05. The highest BCUT2D eigenvalue weighted by Crippen LogP contribution is 2.23. The van der Waals surface area contributed by atoms with Crippen LogP contribution in [0.25, 0.3) is 0 Å². The fraction of sp³-hybridized carbons (Fsp3) is 0.333. The Morgan fingerprint density at radius 3 is 2.53 bits per heavy atom. The van der Waals surface area contributed by atoms with Crippen LogP contribution in [0.3, 0.4) is 0 Å². The van der Waals surface area contributed by atoms with Crippen LogP contribution in [-0.4, -0.2) is 18.7 Å². The number of carbonyl (C=O) groups excluding carboxylic acids is 2. The Bertz CT molecular complexity index is 444. The zero-order chi connectivity index (χ0) is 13.1. The van der Waals surface area contributed by atoms with Gasteiger partial charge in [-0.2, -0.15) is 0 Å². The second kappa shape index (κ2) is 5.03. The van der Waals surface area contributed by atoms with Gasteiger partial charge in [-0.25, -0.2) is 8.78 Å². The van der Waals surface area contributed by atoms with Gasteiger partial charge in [0.2, 0.25) is 6.29 Å². The van der Waals surface area contributed by atoms with Crippen LogP contribution in [0.15, 0.2) is 18.2 Å². The molecule has 1 rings (SSSR count). The molecule has 0 saturated carbocycles. The fourth-order valence-corrected chi connectivity index (χ4v) is 1.37. The lowest BCUT2D eigenvalue weighted by atomic mass is 9.84. The molecule has 1 amide bonds. The number of carbonyl (C=O) groups is 2. The molecular weight excluding hydrogens is 228 g/mol. The van der Waals surface area contributed by atoms with Crippen molar-refractivity contribution in [3.63, 3.8) is 0 Å². The van der Waals surface area contributed by atoms with E-state index < -0.39 is 23.0 Å². The molecule has 0 atom stereocenters. The molecule has 3 nitrogen and oxygen atoms in total. The van der Waals surface area contributed by atoms with Crippen LogP contribution in [0, 0.1) is 11.6 Å². The van der Waals surface area contributed by atoms with Crippen LogP contribution < -0.4 is 5.32 Å². The van der Waals surface area contributed by atoms with E-state index in [9.17, 15) is 18.4 Å². The van der Waals surface area contributed by atoms with Gasteiger partial charge < -0.3 is 5.32 Å². The van der Waals surface area contributed by atoms with Crippen molar-refractivity contribution < 1.29 is 18.4 Å². The summed E-state index contributed by atoms with van der Waals surface area (Å²) < 4.78 is 25.8. The van der Waals surface area contributed by atoms with Crippen LogP contribution >= 0.6 is 0 Å². The molecule has 1 N–H and O–H groups in total. The molecule has 0 unspecified atom stereocenters. The lowest BCUT2D eigenvalue weighted by Crippen LogP contribution is -2.37. The molecule has 0 aromatic heterocycles. The number of halogens is 2. The average Bonchev–Trinajstić information content (AvgIpc) is 2.29. The highest BCUT2D eigenvalue weighted by atomic mass is 19.2. The van der Waals surface area contributed by atoms with Crippen molar-refractivity contribution in [3.8, 4) is 0 Å². The van der Waals surface area contributed by atoms with Gasteiger partial charge in [-0.3, -0.25) is 9.59 Å². The maximum atomic E-state index is 13.1. The summed E-state index contributed by atoms with van der Waals surface area (Å²) in [6.45, 7) is 3.67. The van der Waals surface area contributed by atoms with E-state index in [2.05, 4.69) is 5.32 Å². The number of nitrogens with one attached hydrogen (secondary N) is 1. The largest absolute Gasteiger partial charge is 0.349 e. The van der Waals surface area contributed by atoms with E-state index in [-0.39, 0.29) is 12.8 Å². The lowest BCUT2D eigenvalue weighted by Gasteiger charge is -2.25. The van der Waals surface area contributed by atoms with E-state index in [1.807, 2.05) is 0 Å². The third-order valence-corrected chi connectivity index (χ3v) is 2.51. The van der Waals surface area contributed by atoms with Crippen LogP contribution in [0.4, 0.5) is 8.78 Å². The quantitative estimate of drug-likeness (QED) is 0.642. The van der Waals surface area contributed by atoms with Crippen molar-refractivity contribution in [2.45, 2.75) is 19.3 Å². The van der Waals surface area contributed by atoms with E-state index >= 15 is 0 Å². The van der Waals surface area contributed by atoms with Crippen LogP contribution in [0.1, 0.15) is 19.4 Å². The highest BCUT2D eigenvalue weighted by Gasteiger charge is 2.22. The maximum absolute atomic E-state index is 13.1. The average molecular weight is 241 g/mol. The Kier molecular flexibility index (Phi) is 3.93. The lowest BCUT2D eigenvalue weighted by molar-refractivity contribution is -0.131. The third-order valence-electron chi connectivity index (χ3n) is 2.51. The maximum Gasteiger partial charge on any atom is 0.284 e. The third kappa shape index (κ3) is 3.34. The zero-order valence-electron chi connectivity index (χ0n) is 9.59. The molecule has 0 radical (unpaired) electrons. The number of rotatable bonds is 4. The Morgan fingerprint density at radius 1 is 1.35 bits per heavy atom. The summed E-state index contributed by atoms with van der Waals surface area (Å²) in [5.41, 5.74) is -0.0460. The first-order valence-electron chi connectivity index (χ1n) is 5.05. The Hall–Kier alpha value is -1.78. The van der Waals surface area contributed by atoms with Crippen molar-refractivity contribution in [3.05, 3.63) is 35.4 Å². The fourth-order valence-electron chi connectivity index (χ4n) is 1.37. The summed E-state index contributed by atoms with van der Waals surface area (Å²) in [5, 5.41) is 2.38. The molecule has 0 aliphatic carbocycles. The van der Waals surface area contributed by atoms with Crippen molar-refractivity contribution in [1.29, 1.82) is 0 Å². The van der Waals surface area contributed by atoms with Gasteiger partial charge in [-0.1, -0.05) is 19.9 Å². The zero-order valence-corrected chi connectivity index (χ0v) is 9.59. The highest BCUT2D eigenvalue weighted by molar-refractivity contribution is 6.23. The molecule has 1 aromatic carbocycles. The number of aldehydes is 1. The first-order chi connectivity index (χ1) is 7.86. The van der Waals surface area contributed by atoms with E-state index in [1.165, 1.54) is 6.07 Å². The molecule has 0 spiro atoms. The Labute approximate surface area is 97.8 Å². The second-order valence-corrected chi connectivity index (χ2v) is 4.35. The topological polar surface area (TPSA) is 46.2 Å². The standard InChI is InChI=1S/C12H13F2NO2/c1-12(2,7-15-11(17)6-16)8-3-4-9(13)10(14)5-8/h3-6H,7H2,1-2H3,(H,15,17). The van der Waals surface area contributed by atoms with Crippen LogP contribution in [0.5, 0.6) is 0 Å². The molecule has 1 aromatic rings. The second-order valence-electron chi connectivity index (χ2n) is 4.35. The van der Waals surface area contributed by atoms with Crippen molar-refractivity contribution in [2.75, 3.05) is 6.54 Å². The smallest absolute Gasteiger partial charge is 0.284 e. The van der Waals surface area contributed by atoms with Gasteiger partial charge in [0.1, 0.15) is 0 Å². The van der Waals surface area contributed by atoms with Crippen LogP contribution in [-0.2, 0) is 15.0 Å². The molecule has 0 saturated heterocycles. The summed E-state index contributed by atoms with van der Waals surface area (Å²) in [6, 6.07) is 3.57. The molecule has 5 heteroatoms. The van der Waals surface area contributed by atoms with Crippen LogP contribution in [0.2, 0.25) is 0 Å². The summed E-state index contributed by atoms with van der Waals surface area (Å²) >= 11 is 0. The molecule has 0 aliphatic heterocycles. The van der Waals surface area contributed by atoms with Gasteiger partial charge in [0.05, 0.1) is 0 Å². The van der Waals surface area contributed by atoms with E-state index in [4.69, 9.17) is 0 Å². The van der Waals surface area contributed by atoms with E-state index in [1.54, 1.807) is 13.8 Å². The predicted octanol–water partition coefficient (Wildman–Crippen LogP) is 1.56. The number of hydrogen-bond acceptors (Lipinski definition) is 2. The van der Waals surface area contributed by atoms with Gasteiger partial charge in [0.15, 0.2) is 11.6 Å². The molecule has 0 bridgehead atoms. The Balaban J connectivity index is 2.84. The molecule has 92 valence electrons. The number of hydrogen-bond donors (Lipinski definition) is 1. The van der Waals surface area contributed by atoms with Gasteiger partial charge >= 0.3 is 0 Å². The summed E-state index contributed by atoms with van der Waals surface area (Å²) in [4.78, 5) is 20.9. The molecule has 17 heavy (non-hydrogen) atoms. The first kappa shape index (κ1) is 13.3. The SMILES string of the molecule is CC(C)(CNC(=O)C=O)c1ccc(F)c(F)c1.